The van der Waals surface area contributed by atoms with Crippen LogP contribution in [0.25, 0.3) is 0 Å². The maximum absolute atomic E-state index is 11.3. The number of rotatable bonds is 6. The molecule has 3 heteroatoms. The molecule has 0 atom stereocenters. The van der Waals surface area contributed by atoms with E-state index in [1.807, 2.05) is 13.8 Å². The molecule has 0 bridgehead atoms. The van der Waals surface area contributed by atoms with Crippen molar-refractivity contribution in [2.75, 3.05) is 20.1 Å². The van der Waals surface area contributed by atoms with E-state index in [2.05, 4.69) is 17.6 Å². The second kappa shape index (κ2) is 5.97. The molecule has 78 valence electrons. The van der Waals surface area contributed by atoms with Crippen molar-refractivity contribution in [1.29, 1.82) is 0 Å². The summed E-state index contributed by atoms with van der Waals surface area (Å²) in [6, 6.07) is 0. The standard InChI is InChI=1S/C10H22N2O/c1-5-6-7-12-8-10(2,3)9(13)11-4/h12H,5-8H2,1-4H3,(H,11,13). The molecule has 0 aromatic rings. The monoisotopic (exact) mass is 186 g/mol. The van der Waals surface area contributed by atoms with E-state index in [4.69, 9.17) is 0 Å². The highest BCUT2D eigenvalue weighted by Gasteiger charge is 2.25. The lowest BCUT2D eigenvalue weighted by molar-refractivity contribution is -0.128. The topological polar surface area (TPSA) is 41.1 Å². The van der Waals surface area contributed by atoms with Crippen molar-refractivity contribution in [1.82, 2.24) is 10.6 Å². The van der Waals surface area contributed by atoms with Crippen LogP contribution in [0.5, 0.6) is 0 Å². The van der Waals surface area contributed by atoms with Gasteiger partial charge >= 0.3 is 0 Å². The quantitative estimate of drug-likeness (QED) is 0.611. The van der Waals surface area contributed by atoms with Crippen LogP contribution in [0.3, 0.4) is 0 Å². The van der Waals surface area contributed by atoms with Gasteiger partial charge in [-0.2, -0.15) is 0 Å². The lowest BCUT2D eigenvalue weighted by atomic mass is 9.92. The van der Waals surface area contributed by atoms with E-state index < -0.39 is 0 Å². The average Bonchev–Trinajstić information content (AvgIpc) is 2.11. The highest BCUT2D eigenvalue weighted by molar-refractivity contribution is 5.81. The maximum atomic E-state index is 11.3. The Labute approximate surface area is 81.3 Å². The number of nitrogens with one attached hydrogen (secondary N) is 2. The second-order valence-electron chi connectivity index (χ2n) is 3.99. The van der Waals surface area contributed by atoms with Gasteiger partial charge in [-0.3, -0.25) is 4.79 Å². The molecular weight excluding hydrogens is 164 g/mol. The minimum absolute atomic E-state index is 0.0940. The Bertz CT molecular complexity index is 155. The van der Waals surface area contributed by atoms with Crippen molar-refractivity contribution in [3.63, 3.8) is 0 Å². The van der Waals surface area contributed by atoms with E-state index in [0.717, 1.165) is 13.1 Å². The normalized spacial score (nSPS) is 11.4. The summed E-state index contributed by atoms with van der Waals surface area (Å²) in [5.74, 6) is 0.0940. The highest BCUT2D eigenvalue weighted by atomic mass is 16.2. The van der Waals surface area contributed by atoms with Gasteiger partial charge in [0.15, 0.2) is 0 Å². The summed E-state index contributed by atoms with van der Waals surface area (Å²) in [6.45, 7) is 7.80. The fourth-order valence-electron chi connectivity index (χ4n) is 1.12. The maximum Gasteiger partial charge on any atom is 0.226 e. The largest absolute Gasteiger partial charge is 0.359 e. The van der Waals surface area contributed by atoms with Crippen LogP contribution in [-0.4, -0.2) is 26.0 Å². The van der Waals surface area contributed by atoms with Gasteiger partial charge in [-0.05, 0) is 26.8 Å². The molecule has 0 saturated heterocycles. The Morgan fingerprint density at radius 3 is 2.46 bits per heavy atom. The molecule has 0 spiro atoms. The number of carbonyl (C=O) groups excluding carboxylic acids is 1. The van der Waals surface area contributed by atoms with Crippen LogP contribution >= 0.6 is 0 Å². The Morgan fingerprint density at radius 1 is 1.38 bits per heavy atom. The molecule has 0 heterocycles. The van der Waals surface area contributed by atoms with Gasteiger partial charge < -0.3 is 10.6 Å². The van der Waals surface area contributed by atoms with Gasteiger partial charge in [-0.25, -0.2) is 0 Å². The molecule has 0 aromatic carbocycles. The first-order valence-corrected chi connectivity index (χ1v) is 4.97. The van der Waals surface area contributed by atoms with Crippen LogP contribution in [0, 0.1) is 5.41 Å². The molecule has 3 nitrogen and oxygen atoms in total. The molecule has 0 aliphatic heterocycles. The third-order valence-electron chi connectivity index (χ3n) is 2.12. The first-order valence-electron chi connectivity index (χ1n) is 4.97. The van der Waals surface area contributed by atoms with Gasteiger partial charge in [0.1, 0.15) is 0 Å². The van der Waals surface area contributed by atoms with Gasteiger partial charge in [-0.15, -0.1) is 0 Å². The van der Waals surface area contributed by atoms with E-state index in [-0.39, 0.29) is 11.3 Å². The first-order chi connectivity index (χ1) is 6.04. The lowest BCUT2D eigenvalue weighted by Crippen LogP contribution is -2.42. The third-order valence-corrected chi connectivity index (χ3v) is 2.12. The summed E-state index contributed by atoms with van der Waals surface area (Å²) >= 11 is 0. The summed E-state index contributed by atoms with van der Waals surface area (Å²) in [5, 5.41) is 5.95. The van der Waals surface area contributed by atoms with Crippen LogP contribution < -0.4 is 10.6 Å². The van der Waals surface area contributed by atoms with Crippen molar-refractivity contribution in [3.8, 4) is 0 Å². The zero-order chi connectivity index (χ0) is 10.3. The Hall–Kier alpha value is -0.570. The Kier molecular flexibility index (Phi) is 5.71. The molecule has 0 radical (unpaired) electrons. The van der Waals surface area contributed by atoms with Crippen LogP contribution in [-0.2, 0) is 4.79 Å². The molecule has 0 aliphatic carbocycles. The van der Waals surface area contributed by atoms with Gasteiger partial charge in [-0.1, -0.05) is 13.3 Å². The molecular formula is C10H22N2O. The van der Waals surface area contributed by atoms with Crippen molar-refractivity contribution in [2.24, 2.45) is 5.41 Å². The van der Waals surface area contributed by atoms with E-state index in [9.17, 15) is 4.79 Å². The minimum Gasteiger partial charge on any atom is -0.359 e. The molecule has 0 saturated carbocycles. The molecule has 0 fully saturated rings. The highest BCUT2D eigenvalue weighted by Crippen LogP contribution is 2.12. The molecule has 2 N–H and O–H groups in total. The van der Waals surface area contributed by atoms with Crippen LogP contribution in [0.1, 0.15) is 33.6 Å². The third kappa shape index (κ3) is 4.88. The Morgan fingerprint density at radius 2 is 2.00 bits per heavy atom. The number of hydrogen-bond acceptors (Lipinski definition) is 2. The molecule has 0 aliphatic rings. The lowest BCUT2D eigenvalue weighted by Gasteiger charge is -2.22. The summed E-state index contributed by atoms with van der Waals surface area (Å²) in [6.07, 6.45) is 2.36. The average molecular weight is 186 g/mol. The second-order valence-corrected chi connectivity index (χ2v) is 3.99. The van der Waals surface area contributed by atoms with Crippen molar-refractivity contribution in [2.45, 2.75) is 33.6 Å². The van der Waals surface area contributed by atoms with Gasteiger partial charge in [0.25, 0.3) is 0 Å². The summed E-state index contributed by atoms with van der Waals surface area (Å²) in [7, 11) is 1.68. The number of unbranched alkanes of at least 4 members (excludes halogenated alkanes) is 1. The van der Waals surface area contributed by atoms with Crippen LogP contribution in [0.2, 0.25) is 0 Å². The smallest absolute Gasteiger partial charge is 0.226 e. The van der Waals surface area contributed by atoms with Crippen molar-refractivity contribution < 1.29 is 4.79 Å². The zero-order valence-corrected chi connectivity index (χ0v) is 9.24. The minimum atomic E-state index is -0.303. The van der Waals surface area contributed by atoms with Gasteiger partial charge in [0.2, 0.25) is 5.91 Å². The summed E-state index contributed by atoms with van der Waals surface area (Å²) in [4.78, 5) is 11.3. The van der Waals surface area contributed by atoms with E-state index in [0.29, 0.717) is 0 Å². The predicted molar refractivity (Wildman–Crippen MR) is 55.6 cm³/mol. The van der Waals surface area contributed by atoms with Gasteiger partial charge in [0, 0.05) is 13.6 Å². The summed E-state index contributed by atoms with van der Waals surface area (Å²) < 4.78 is 0. The number of amides is 1. The molecule has 13 heavy (non-hydrogen) atoms. The number of carbonyl (C=O) groups is 1. The predicted octanol–water partition coefficient (Wildman–Crippen LogP) is 1.15. The van der Waals surface area contributed by atoms with E-state index in [1.165, 1.54) is 12.8 Å². The van der Waals surface area contributed by atoms with Crippen molar-refractivity contribution in [3.05, 3.63) is 0 Å². The Balaban J connectivity index is 3.69. The molecule has 0 aromatic heterocycles. The zero-order valence-electron chi connectivity index (χ0n) is 9.24. The van der Waals surface area contributed by atoms with Crippen molar-refractivity contribution >= 4 is 5.91 Å². The molecule has 1 amide bonds. The van der Waals surface area contributed by atoms with Gasteiger partial charge in [0.05, 0.1) is 5.41 Å². The SMILES string of the molecule is CCCCNCC(C)(C)C(=O)NC. The summed E-state index contributed by atoms with van der Waals surface area (Å²) in [5.41, 5.74) is -0.303. The van der Waals surface area contributed by atoms with Crippen LogP contribution in [0.4, 0.5) is 0 Å². The molecule has 0 rings (SSSR count). The van der Waals surface area contributed by atoms with E-state index >= 15 is 0 Å². The van der Waals surface area contributed by atoms with E-state index in [1.54, 1.807) is 7.05 Å². The first kappa shape index (κ1) is 12.4. The van der Waals surface area contributed by atoms with Crippen LogP contribution in [0.15, 0.2) is 0 Å². The molecule has 0 unspecified atom stereocenters. The number of hydrogen-bond donors (Lipinski definition) is 2. The fourth-order valence-corrected chi connectivity index (χ4v) is 1.12. The fraction of sp³-hybridized carbons (Fsp3) is 0.900.